The van der Waals surface area contributed by atoms with E-state index in [0.29, 0.717) is 0 Å². The SMILES string of the molecule is c1ccc(-c2ccc(N(c3ccc(-c4cc5c6ccc7ccccc7c6oc5c5ccccc45)cc3)c3ccc(-c4ccccc4)c4ccccc34)c3ccccc23)cc1. The van der Waals surface area contributed by atoms with Crippen molar-refractivity contribution < 1.29 is 4.42 Å². The topological polar surface area (TPSA) is 16.4 Å². The normalized spacial score (nSPS) is 11.7. The summed E-state index contributed by atoms with van der Waals surface area (Å²) in [6, 6.07) is 81.2. The molecule has 0 aliphatic rings. The van der Waals surface area contributed by atoms with Crippen LogP contribution in [0.5, 0.6) is 0 Å². The fourth-order valence-corrected chi connectivity index (χ4v) is 9.46. The third-order valence-corrected chi connectivity index (χ3v) is 12.3. The Morgan fingerprint density at radius 3 is 1.28 bits per heavy atom. The first-order valence-electron chi connectivity index (χ1n) is 20.6. The van der Waals surface area contributed by atoms with Crippen molar-refractivity contribution in [1.82, 2.24) is 0 Å². The zero-order chi connectivity index (χ0) is 39.6. The van der Waals surface area contributed by atoms with E-state index in [9.17, 15) is 0 Å². The number of rotatable bonds is 6. The van der Waals surface area contributed by atoms with E-state index in [4.69, 9.17) is 4.42 Å². The van der Waals surface area contributed by atoms with E-state index < -0.39 is 0 Å². The second-order valence-electron chi connectivity index (χ2n) is 15.6. The summed E-state index contributed by atoms with van der Waals surface area (Å²) >= 11 is 0. The summed E-state index contributed by atoms with van der Waals surface area (Å²) in [5, 5.41) is 11.7. The van der Waals surface area contributed by atoms with Gasteiger partial charge in [-0.3, -0.25) is 0 Å². The summed E-state index contributed by atoms with van der Waals surface area (Å²) in [6.07, 6.45) is 0. The number of anilines is 3. The molecule has 0 atom stereocenters. The molecule has 0 radical (unpaired) electrons. The fourth-order valence-electron chi connectivity index (χ4n) is 9.46. The van der Waals surface area contributed by atoms with Crippen molar-refractivity contribution in [2.24, 2.45) is 0 Å². The quantitative estimate of drug-likeness (QED) is 0.168. The summed E-state index contributed by atoms with van der Waals surface area (Å²) < 4.78 is 6.76. The Kier molecular flexibility index (Phi) is 7.89. The second-order valence-corrected chi connectivity index (χ2v) is 15.6. The van der Waals surface area contributed by atoms with Crippen molar-refractivity contribution in [3.8, 4) is 33.4 Å². The number of furan rings is 1. The minimum Gasteiger partial charge on any atom is -0.455 e. The van der Waals surface area contributed by atoms with Crippen molar-refractivity contribution in [1.29, 1.82) is 0 Å². The van der Waals surface area contributed by atoms with Gasteiger partial charge in [0.1, 0.15) is 11.2 Å². The molecule has 0 amide bonds. The van der Waals surface area contributed by atoms with Crippen molar-refractivity contribution >= 4 is 82.1 Å². The monoisotopic (exact) mass is 763 g/mol. The van der Waals surface area contributed by atoms with Crippen molar-refractivity contribution in [2.45, 2.75) is 0 Å². The lowest BCUT2D eigenvalue weighted by atomic mass is 9.93. The number of hydrogen-bond acceptors (Lipinski definition) is 2. The zero-order valence-corrected chi connectivity index (χ0v) is 32.7. The molecule has 0 saturated heterocycles. The molecular weight excluding hydrogens is 727 g/mol. The molecule has 2 nitrogen and oxygen atoms in total. The second kappa shape index (κ2) is 13.9. The number of hydrogen-bond donors (Lipinski definition) is 0. The molecule has 0 fully saturated rings. The van der Waals surface area contributed by atoms with Crippen LogP contribution in [0.15, 0.2) is 229 Å². The molecule has 0 aliphatic heterocycles. The lowest BCUT2D eigenvalue weighted by Crippen LogP contribution is -2.11. The molecule has 60 heavy (non-hydrogen) atoms. The first kappa shape index (κ1) is 34.1. The molecule has 1 aromatic heterocycles. The fraction of sp³-hybridized carbons (Fsp3) is 0. The van der Waals surface area contributed by atoms with E-state index in [1.165, 1.54) is 60.1 Å². The van der Waals surface area contributed by atoms with Gasteiger partial charge in [-0.25, -0.2) is 0 Å². The predicted molar refractivity (Wildman–Crippen MR) is 255 cm³/mol. The molecule has 0 saturated carbocycles. The maximum atomic E-state index is 6.76. The van der Waals surface area contributed by atoms with Crippen LogP contribution in [-0.2, 0) is 0 Å². The van der Waals surface area contributed by atoms with E-state index >= 15 is 0 Å². The van der Waals surface area contributed by atoms with Gasteiger partial charge in [0, 0.05) is 38.0 Å². The van der Waals surface area contributed by atoms with Gasteiger partial charge in [0.15, 0.2) is 0 Å². The molecule has 12 aromatic rings. The third kappa shape index (κ3) is 5.42. The molecule has 0 N–H and O–H groups in total. The Balaban J connectivity index is 1.07. The first-order chi connectivity index (χ1) is 29.8. The van der Waals surface area contributed by atoms with Gasteiger partial charge >= 0.3 is 0 Å². The lowest BCUT2D eigenvalue weighted by molar-refractivity contribution is 0.676. The highest BCUT2D eigenvalue weighted by atomic mass is 16.3. The van der Waals surface area contributed by atoms with Crippen LogP contribution in [0, 0.1) is 0 Å². The molecule has 280 valence electrons. The summed E-state index contributed by atoms with van der Waals surface area (Å²) in [5.74, 6) is 0. The van der Waals surface area contributed by atoms with E-state index in [0.717, 1.165) is 55.3 Å². The van der Waals surface area contributed by atoms with E-state index in [1.807, 2.05) is 0 Å². The lowest BCUT2D eigenvalue weighted by Gasteiger charge is -2.29. The van der Waals surface area contributed by atoms with Gasteiger partial charge in [0.05, 0.1) is 11.4 Å². The van der Waals surface area contributed by atoms with Crippen LogP contribution in [0.3, 0.4) is 0 Å². The van der Waals surface area contributed by atoms with Crippen molar-refractivity contribution in [3.63, 3.8) is 0 Å². The third-order valence-electron chi connectivity index (χ3n) is 12.3. The van der Waals surface area contributed by atoms with Crippen LogP contribution in [0.25, 0.3) is 98.4 Å². The van der Waals surface area contributed by atoms with Gasteiger partial charge in [-0.1, -0.05) is 188 Å². The Hall–Kier alpha value is -7.94. The van der Waals surface area contributed by atoms with E-state index in [1.54, 1.807) is 0 Å². The predicted octanol–water partition coefficient (Wildman–Crippen LogP) is 16.7. The van der Waals surface area contributed by atoms with Gasteiger partial charge in [-0.05, 0) is 91.3 Å². The minimum absolute atomic E-state index is 0.931. The van der Waals surface area contributed by atoms with E-state index in [2.05, 4.69) is 229 Å². The number of fused-ring (bicyclic) bond motifs is 9. The maximum absolute atomic E-state index is 6.76. The molecule has 2 heteroatoms. The van der Waals surface area contributed by atoms with Gasteiger partial charge in [0.2, 0.25) is 0 Å². The van der Waals surface area contributed by atoms with Crippen molar-refractivity contribution in [3.05, 3.63) is 224 Å². The highest BCUT2D eigenvalue weighted by Crippen LogP contribution is 2.47. The van der Waals surface area contributed by atoms with Crippen LogP contribution in [0.1, 0.15) is 0 Å². The smallest absolute Gasteiger partial charge is 0.143 e. The van der Waals surface area contributed by atoms with Crippen LogP contribution >= 0.6 is 0 Å². The average Bonchev–Trinajstić information content (AvgIpc) is 3.72. The summed E-state index contributed by atoms with van der Waals surface area (Å²) in [7, 11) is 0. The highest BCUT2D eigenvalue weighted by Gasteiger charge is 2.22. The van der Waals surface area contributed by atoms with Crippen molar-refractivity contribution in [2.75, 3.05) is 4.90 Å². The Morgan fingerprint density at radius 1 is 0.267 bits per heavy atom. The maximum Gasteiger partial charge on any atom is 0.143 e. The molecule has 12 rings (SSSR count). The molecule has 1 heterocycles. The van der Waals surface area contributed by atoms with Crippen LogP contribution in [0.2, 0.25) is 0 Å². The molecule has 0 spiro atoms. The summed E-state index contributed by atoms with van der Waals surface area (Å²) in [6.45, 7) is 0. The zero-order valence-electron chi connectivity index (χ0n) is 32.7. The summed E-state index contributed by atoms with van der Waals surface area (Å²) in [5.41, 5.74) is 12.4. The van der Waals surface area contributed by atoms with Gasteiger partial charge in [-0.15, -0.1) is 0 Å². The standard InChI is InChI=1S/C58H37NO/c1-3-15-38(16-4-1)43-33-35-55(49-24-12-9-21-46(43)49)59(56-36-34-44(39-17-5-2-6-18-39)47-22-10-13-25-50(47)56)42-30-27-41(28-31-42)53-37-54-52-32-29-40-19-7-8-20-45(40)57(52)60-58(54)51-26-14-11-23-48(51)53/h1-37H. The molecule has 11 aromatic carbocycles. The summed E-state index contributed by atoms with van der Waals surface area (Å²) in [4.78, 5) is 2.45. The number of nitrogens with zero attached hydrogens (tertiary/aromatic N) is 1. The number of benzene rings is 11. The molecular formula is C58H37NO. The molecule has 0 unspecified atom stereocenters. The van der Waals surface area contributed by atoms with Crippen LogP contribution in [0.4, 0.5) is 17.1 Å². The Morgan fingerprint density at radius 2 is 0.700 bits per heavy atom. The van der Waals surface area contributed by atoms with Gasteiger partial charge in [0.25, 0.3) is 0 Å². The van der Waals surface area contributed by atoms with Gasteiger partial charge < -0.3 is 9.32 Å². The average molecular weight is 764 g/mol. The van der Waals surface area contributed by atoms with E-state index in [-0.39, 0.29) is 0 Å². The van der Waals surface area contributed by atoms with Crippen LogP contribution in [-0.4, -0.2) is 0 Å². The Bertz CT molecular complexity index is 3460. The minimum atomic E-state index is 0.931. The Labute approximate surface area is 347 Å². The van der Waals surface area contributed by atoms with Gasteiger partial charge in [-0.2, -0.15) is 0 Å². The molecule has 0 bridgehead atoms. The highest BCUT2D eigenvalue weighted by molar-refractivity contribution is 6.23. The largest absolute Gasteiger partial charge is 0.455 e. The van der Waals surface area contributed by atoms with Crippen LogP contribution < -0.4 is 4.90 Å². The molecule has 0 aliphatic carbocycles. The first-order valence-corrected chi connectivity index (χ1v) is 20.6.